The number of aliphatic hydroxyl groups excluding tert-OH is 1. The second kappa shape index (κ2) is 6.33. The Morgan fingerprint density at radius 2 is 2.06 bits per heavy atom. The second-order valence-electron chi connectivity index (χ2n) is 4.07. The van der Waals surface area contributed by atoms with E-state index in [1.165, 1.54) is 12.1 Å². The fraction of sp³-hybridized carbons (Fsp3) is 0.500. The largest absolute Gasteiger partial charge is 0.395 e. The SMILES string of the molecule is CC(C)N(CCO)Cc1cc(F)cc(Br)c1. The molecule has 0 saturated carbocycles. The highest BCUT2D eigenvalue weighted by molar-refractivity contribution is 9.10. The van der Waals surface area contributed by atoms with Crippen LogP contribution >= 0.6 is 15.9 Å². The molecule has 0 unspecified atom stereocenters. The molecule has 0 aliphatic rings. The number of rotatable bonds is 5. The molecule has 0 heterocycles. The molecule has 90 valence electrons. The summed E-state index contributed by atoms with van der Waals surface area (Å²) in [5.41, 5.74) is 0.911. The summed E-state index contributed by atoms with van der Waals surface area (Å²) in [5.74, 6) is -0.239. The monoisotopic (exact) mass is 289 g/mol. The van der Waals surface area contributed by atoms with Gasteiger partial charge in [-0.15, -0.1) is 0 Å². The summed E-state index contributed by atoms with van der Waals surface area (Å²) in [7, 11) is 0. The number of hydrogen-bond donors (Lipinski definition) is 1. The van der Waals surface area contributed by atoms with Crippen molar-refractivity contribution in [3.63, 3.8) is 0 Å². The van der Waals surface area contributed by atoms with E-state index >= 15 is 0 Å². The molecule has 0 spiro atoms. The Morgan fingerprint density at radius 3 is 2.56 bits per heavy atom. The van der Waals surface area contributed by atoms with Crippen LogP contribution in [0.1, 0.15) is 19.4 Å². The molecule has 4 heteroatoms. The first-order valence-corrected chi connectivity index (χ1v) is 6.12. The van der Waals surface area contributed by atoms with Gasteiger partial charge in [-0.05, 0) is 37.6 Å². The van der Waals surface area contributed by atoms with Crippen LogP contribution in [0.5, 0.6) is 0 Å². The number of halogens is 2. The van der Waals surface area contributed by atoms with Gasteiger partial charge in [-0.25, -0.2) is 4.39 Å². The Bertz CT molecular complexity index is 324. The minimum absolute atomic E-state index is 0.120. The van der Waals surface area contributed by atoms with Gasteiger partial charge in [-0.1, -0.05) is 15.9 Å². The van der Waals surface area contributed by atoms with Crippen LogP contribution in [0.15, 0.2) is 22.7 Å². The third-order valence-electron chi connectivity index (χ3n) is 2.43. The van der Waals surface area contributed by atoms with Crippen molar-refractivity contribution in [1.29, 1.82) is 0 Å². The Labute approximate surface area is 104 Å². The van der Waals surface area contributed by atoms with Crippen LogP contribution in [-0.2, 0) is 6.54 Å². The molecule has 0 aliphatic carbocycles. The van der Waals surface area contributed by atoms with Crippen molar-refractivity contribution in [2.45, 2.75) is 26.4 Å². The Balaban J connectivity index is 2.76. The van der Waals surface area contributed by atoms with Crippen molar-refractivity contribution < 1.29 is 9.50 Å². The maximum absolute atomic E-state index is 13.2. The second-order valence-corrected chi connectivity index (χ2v) is 4.98. The van der Waals surface area contributed by atoms with Crippen LogP contribution in [0.4, 0.5) is 4.39 Å². The van der Waals surface area contributed by atoms with Crippen LogP contribution in [0.3, 0.4) is 0 Å². The van der Waals surface area contributed by atoms with Crippen molar-refractivity contribution in [3.8, 4) is 0 Å². The third-order valence-corrected chi connectivity index (χ3v) is 2.88. The summed E-state index contributed by atoms with van der Waals surface area (Å²) >= 11 is 3.27. The Morgan fingerprint density at radius 1 is 1.38 bits per heavy atom. The number of hydrogen-bond acceptors (Lipinski definition) is 2. The summed E-state index contributed by atoms with van der Waals surface area (Å²) in [6.45, 7) is 5.49. The molecule has 1 aromatic rings. The summed E-state index contributed by atoms with van der Waals surface area (Å²) in [6, 6.07) is 5.19. The zero-order chi connectivity index (χ0) is 12.1. The van der Waals surface area contributed by atoms with Crippen LogP contribution in [0, 0.1) is 5.82 Å². The third kappa shape index (κ3) is 4.20. The van der Waals surface area contributed by atoms with Crippen molar-refractivity contribution in [1.82, 2.24) is 4.90 Å². The molecule has 0 bridgehead atoms. The van der Waals surface area contributed by atoms with E-state index in [0.717, 1.165) is 10.0 Å². The quantitative estimate of drug-likeness (QED) is 0.901. The Hall–Kier alpha value is -0.450. The molecular weight excluding hydrogens is 273 g/mol. The lowest BCUT2D eigenvalue weighted by atomic mass is 10.2. The lowest BCUT2D eigenvalue weighted by Gasteiger charge is -2.25. The first-order valence-electron chi connectivity index (χ1n) is 5.33. The molecule has 0 saturated heterocycles. The molecule has 1 N–H and O–H groups in total. The normalized spacial score (nSPS) is 11.4. The van der Waals surface area contributed by atoms with Gasteiger partial charge in [0.15, 0.2) is 0 Å². The van der Waals surface area contributed by atoms with E-state index in [4.69, 9.17) is 5.11 Å². The predicted octanol–water partition coefficient (Wildman–Crippen LogP) is 2.79. The van der Waals surface area contributed by atoms with Gasteiger partial charge in [0.05, 0.1) is 6.61 Å². The van der Waals surface area contributed by atoms with E-state index in [2.05, 4.69) is 34.7 Å². The average Bonchev–Trinajstić information content (AvgIpc) is 2.15. The summed E-state index contributed by atoms with van der Waals surface area (Å²) in [6.07, 6.45) is 0. The van der Waals surface area contributed by atoms with E-state index in [1.54, 1.807) is 0 Å². The van der Waals surface area contributed by atoms with Gasteiger partial charge >= 0.3 is 0 Å². The van der Waals surface area contributed by atoms with Gasteiger partial charge in [0.25, 0.3) is 0 Å². The standard InChI is InChI=1S/C12H17BrFNO/c1-9(2)15(3-4-16)8-10-5-11(13)7-12(14)6-10/h5-7,9,16H,3-4,8H2,1-2H3. The molecule has 2 nitrogen and oxygen atoms in total. The van der Waals surface area contributed by atoms with Crippen LogP contribution in [0.25, 0.3) is 0 Å². The molecule has 0 aromatic heterocycles. The van der Waals surface area contributed by atoms with E-state index in [1.807, 2.05) is 6.07 Å². The molecule has 0 atom stereocenters. The van der Waals surface area contributed by atoms with Crippen molar-refractivity contribution in [2.24, 2.45) is 0 Å². The number of aliphatic hydroxyl groups is 1. The minimum atomic E-state index is -0.239. The average molecular weight is 290 g/mol. The first kappa shape index (κ1) is 13.6. The highest BCUT2D eigenvalue weighted by Crippen LogP contribution is 2.17. The van der Waals surface area contributed by atoms with E-state index in [9.17, 15) is 4.39 Å². The van der Waals surface area contributed by atoms with E-state index in [0.29, 0.717) is 19.1 Å². The fourth-order valence-corrected chi connectivity index (χ4v) is 2.10. The molecule has 1 rings (SSSR count). The van der Waals surface area contributed by atoms with Gasteiger partial charge < -0.3 is 5.11 Å². The number of benzene rings is 1. The van der Waals surface area contributed by atoms with Crippen LogP contribution in [-0.4, -0.2) is 29.2 Å². The molecular formula is C12H17BrFNO. The molecule has 0 radical (unpaired) electrons. The summed E-state index contributed by atoms with van der Waals surface area (Å²) < 4.78 is 13.9. The lowest BCUT2D eigenvalue weighted by molar-refractivity contribution is 0.159. The topological polar surface area (TPSA) is 23.5 Å². The van der Waals surface area contributed by atoms with Crippen LogP contribution < -0.4 is 0 Å². The summed E-state index contributed by atoms with van der Waals surface area (Å²) in [5, 5.41) is 8.95. The molecule has 0 amide bonds. The van der Waals surface area contributed by atoms with Gasteiger partial charge in [-0.2, -0.15) is 0 Å². The first-order chi connectivity index (χ1) is 7.52. The van der Waals surface area contributed by atoms with E-state index < -0.39 is 0 Å². The van der Waals surface area contributed by atoms with Crippen molar-refractivity contribution in [2.75, 3.05) is 13.2 Å². The zero-order valence-corrected chi connectivity index (χ0v) is 11.2. The van der Waals surface area contributed by atoms with Gasteiger partial charge in [0.2, 0.25) is 0 Å². The minimum Gasteiger partial charge on any atom is -0.395 e. The van der Waals surface area contributed by atoms with Crippen molar-refractivity contribution >= 4 is 15.9 Å². The molecule has 1 aromatic carbocycles. The zero-order valence-electron chi connectivity index (χ0n) is 9.58. The van der Waals surface area contributed by atoms with Crippen molar-refractivity contribution in [3.05, 3.63) is 34.1 Å². The highest BCUT2D eigenvalue weighted by Gasteiger charge is 2.10. The van der Waals surface area contributed by atoms with Gasteiger partial charge in [-0.3, -0.25) is 4.90 Å². The maximum atomic E-state index is 13.2. The predicted molar refractivity (Wildman–Crippen MR) is 66.7 cm³/mol. The number of nitrogens with zero attached hydrogens (tertiary/aromatic N) is 1. The smallest absolute Gasteiger partial charge is 0.124 e. The molecule has 16 heavy (non-hydrogen) atoms. The fourth-order valence-electron chi connectivity index (χ4n) is 1.59. The lowest BCUT2D eigenvalue weighted by Crippen LogP contribution is -2.32. The Kier molecular flexibility index (Phi) is 5.38. The highest BCUT2D eigenvalue weighted by atomic mass is 79.9. The molecule has 0 fully saturated rings. The van der Waals surface area contributed by atoms with Gasteiger partial charge in [0.1, 0.15) is 5.82 Å². The van der Waals surface area contributed by atoms with Crippen LogP contribution in [0.2, 0.25) is 0 Å². The van der Waals surface area contributed by atoms with E-state index in [-0.39, 0.29) is 12.4 Å². The summed E-state index contributed by atoms with van der Waals surface area (Å²) in [4.78, 5) is 2.10. The molecule has 0 aliphatic heterocycles. The van der Waals surface area contributed by atoms with Gasteiger partial charge in [0, 0.05) is 23.6 Å². The maximum Gasteiger partial charge on any atom is 0.124 e.